The van der Waals surface area contributed by atoms with Crippen LogP contribution in [0, 0.1) is 11.3 Å². The first kappa shape index (κ1) is 24.6. The molecule has 0 spiro atoms. The lowest BCUT2D eigenvalue weighted by molar-refractivity contribution is -0.118. The van der Waals surface area contributed by atoms with Crippen molar-refractivity contribution < 1.29 is 9.53 Å². The summed E-state index contributed by atoms with van der Waals surface area (Å²) in [4.78, 5) is 37.6. The predicted molar refractivity (Wildman–Crippen MR) is 135 cm³/mol. The summed E-state index contributed by atoms with van der Waals surface area (Å²) in [5, 5.41) is 12.6. The second-order valence-electron chi connectivity index (χ2n) is 7.80. The number of anilines is 2. The van der Waals surface area contributed by atoms with E-state index in [4.69, 9.17) is 21.6 Å². The number of nitrogens with one attached hydrogen (secondary N) is 1. The highest BCUT2D eigenvalue weighted by atomic mass is 35.5. The number of benzene rings is 2. The average molecular weight is 501 g/mol. The Balaban J connectivity index is 1.58. The highest BCUT2D eigenvalue weighted by Gasteiger charge is 2.14. The van der Waals surface area contributed by atoms with Crippen LogP contribution in [0.2, 0.25) is 5.02 Å². The highest BCUT2D eigenvalue weighted by Crippen LogP contribution is 2.23. The molecule has 0 unspecified atom stereocenters. The summed E-state index contributed by atoms with van der Waals surface area (Å²) in [5.74, 6) is 1.06. The van der Waals surface area contributed by atoms with E-state index in [-0.39, 0.29) is 35.9 Å². The van der Waals surface area contributed by atoms with Crippen LogP contribution in [0.15, 0.2) is 71.9 Å². The Kier molecular flexibility index (Phi) is 7.68. The molecule has 2 aromatic carbocycles. The summed E-state index contributed by atoms with van der Waals surface area (Å²) in [6, 6.07) is 16.0. The number of aromatic nitrogens is 4. The summed E-state index contributed by atoms with van der Waals surface area (Å²) in [5.41, 5.74) is 1.78. The van der Waals surface area contributed by atoms with Crippen LogP contribution >= 0.6 is 11.6 Å². The Bertz CT molecular complexity index is 1460. The van der Waals surface area contributed by atoms with Gasteiger partial charge in [-0.05, 0) is 42.0 Å². The number of ketones is 1. The number of Topliss-reactive ketones (excluding diaryl/α,β-unsaturated/α-hetero) is 1. The van der Waals surface area contributed by atoms with Gasteiger partial charge in [-0.3, -0.25) is 14.2 Å². The quantitative estimate of drug-likeness (QED) is 0.352. The van der Waals surface area contributed by atoms with Gasteiger partial charge in [0.05, 0.1) is 18.9 Å². The van der Waals surface area contributed by atoms with Crippen molar-refractivity contribution in [1.29, 1.82) is 5.26 Å². The number of halogens is 1. The fraction of sp³-hybridized carbons (Fsp3) is 0.154. The third-order valence-electron chi connectivity index (χ3n) is 5.23. The van der Waals surface area contributed by atoms with Crippen molar-refractivity contribution in [2.45, 2.75) is 26.3 Å². The number of hydrogen-bond donors (Lipinski definition) is 1. The normalized spacial score (nSPS) is 10.5. The molecule has 0 saturated heterocycles. The van der Waals surface area contributed by atoms with E-state index in [1.54, 1.807) is 43.3 Å². The van der Waals surface area contributed by atoms with Gasteiger partial charge < -0.3 is 10.1 Å². The Labute approximate surface area is 212 Å². The van der Waals surface area contributed by atoms with Gasteiger partial charge in [0, 0.05) is 35.3 Å². The Morgan fingerprint density at radius 1 is 1.06 bits per heavy atom. The largest absolute Gasteiger partial charge is 0.438 e. The van der Waals surface area contributed by atoms with E-state index < -0.39 is 0 Å². The molecular weight excluding hydrogens is 480 g/mol. The van der Waals surface area contributed by atoms with Crippen molar-refractivity contribution in [3.05, 3.63) is 99.3 Å². The fourth-order valence-electron chi connectivity index (χ4n) is 3.29. The highest BCUT2D eigenvalue weighted by molar-refractivity contribution is 6.30. The number of hydrogen-bond acceptors (Lipinski definition) is 8. The second kappa shape index (κ2) is 11.3. The van der Waals surface area contributed by atoms with Crippen LogP contribution in [0.25, 0.3) is 0 Å². The van der Waals surface area contributed by atoms with Crippen LogP contribution < -0.4 is 15.6 Å². The van der Waals surface area contributed by atoms with Crippen molar-refractivity contribution in [3.8, 4) is 17.7 Å². The van der Waals surface area contributed by atoms with Crippen LogP contribution in [0.4, 0.5) is 11.6 Å². The topological polar surface area (TPSA) is 123 Å². The van der Waals surface area contributed by atoms with Crippen molar-refractivity contribution in [1.82, 2.24) is 19.5 Å². The van der Waals surface area contributed by atoms with Crippen molar-refractivity contribution in [2.24, 2.45) is 0 Å². The van der Waals surface area contributed by atoms with Crippen LogP contribution in [0.1, 0.15) is 30.2 Å². The maximum atomic E-state index is 13.3. The molecule has 4 aromatic rings. The molecule has 0 aliphatic rings. The van der Waals surface area contributed by atoms with E-state index >= 15 is 0 Å². The molecule has 2 aromatic heterocycles. The minimum atomic E-state index is -0.288. The zero-order valence-electron chi connectivity index (χ0n) is 19.3. The molecule has 0 aliphatic carbocycles. The van der Waals surface area contributed by atoms with Gasteiger partial charge in [-0.15, -0.1) is 0 Å². The standard InChI is InChI=1S/C26H21ClN6O3/c1-2-22(34)11-18-13-31-26(33(25(18)35)16-17-3-5-19(27)6-4-17)32-20-7-9-23(10-8-20)36-24-15-29-21(12-28)14-30-24/h3-10,13-15H,2,11,16H2,1H3,(H,31,32). The summed E-state index contributed by atoms with van der Waals surface area (Å²) in [7, 11) is 0. The Hall–Kier alpha value is -4.55. The lowest BCUT2D eigenvalue weighted by atomic mass is 10.1. The first-order chi connectivity index (χ1) is 17.4. The van der Waals surface area contributed by atoms with E-state index in [0.717, 1.165) is 5.56 Å². The molecule has 4 rings (SSSR count). The smallest absolute Gasteiger partial charge is 0.258 e. The first-order valence-corrected chi connectivity index (χ1v) is 11.4. The maximum absolute atomic E-state index is 13.3. The number of ether oxygens (including phenoxy) is 1. The van der Waals surface area contributed by atoms with Gasteiger partial charge in [-0.25, -0.2) is 15.0 Å². The van der Waals surface area contributed by atoms with Gasteiger partial charge in [0.1, 0.15) is 17.6 Å². The molecule has 9 nitrogen and oxygen atoms in total. The van der Waals surface area contributed by atoms with Gasteiger partial charge in [-0.1, -0.05) is 30.7 Å². The van der Waals surface area contributed by atoms with E-state index in [0.29, 0.717) is 34.4 Å². The molecule has 36 heavy (non-hydrogen) atoms. The number of rotatable bonds is 9. The van der Waals surface area contributed by atoms with Gasteiger partial charge in [0.15, 0.2) is 5.69 Å². The summed E-state index contributed by atoms with van der Waals surface area (Å²) in [6.45, 7) is 2.01. The molecule has 0 aliphatic heterocycles. The van der Waals surface area contributed by atoms with E-state index in [1.165, 1.54) is 23.2 Å². The molecule has 0 bridgehead atoms. The van der Waals surface area contributed by atoms with E-state index in [2.05, 4.69) is 20.3 Å². The van der Waals surface area contributed by atoms with Crippen LogP contribution in [0.3, 0.4) is 0 Å². The third kappa shape index (κ3) is 6.11. The maximum Gasteiger partial charge on any atom is 0.258 e. The van der Waals surface area contributed by atoms with Gasteiger partial charge in [0.25, 0.3) is 5.56 Å². The molecule has 0 atom stereocenters. The molecule has 1 N–H and O–H groups in total. The van der Waals surface area contributed by atoms with Crippen molar-refractivity contribution >= 4 is 29.0 Å². The molecule has 10 heteroatoms. The summed E-state index contributed by atoms with van der Waals surface area (Å²) >= 11 is 6.00. The molecule has 2 heterocycles. The molecule has 0 fully saturated rings. The second-order valence-corrected chi connectivity index (χ2v) is 8.23. The molecule has 0 radical (unpaired) electrons. The van der Waals surface area contributed by atoms with Crippen LogP contribution in [-0.4, -0.2) is 25.3 Å². The lowest BCUT2D eigenvalue weighted by Gasteiger charge is -2.15. The zero-order chi connectivity index (χ0) is 25.5. The first-order valence-electron chi connectivity index (χ1n) is 11.1. The molecule has 180 valence electrons. The van der Waals surface area contributed by atoms with Crippen molar-refractivity contribution in [2.75, 3.05) is 5.32 Å². The third-order valence-corrected chi connectivity index (χ3v) is 5.48. The Morgan fingerprint density at radius 2 is 1.81 bits per heavy atom. The molecule has 0 saturated carbocycles. The number of nitriles is 1. The minimum absolute atomic E-state index is 0.0322. The number of nitrogens with zero attached hydrogens (tertiary/aromatic N) is 5. The monoisotopic (exact) mass is 500 g/mol. The fourth-order valence-corrected chi connectivity index (χ4v) is 3.42. The Morgan fingerprint density at radius 3 is 2.44 bits per heavy atom. The average Bonchev–Trinajstić information content (AvgIpc) is 2.90. The minimum Gasteiger partial charge on any atom is -0.438 e. The summed E-state index contributed by atoms with van der Waals surface area (Å²) in [6.07, 6.45) is 4.52. The van der Waals surface area contributed by atoms with Gasteiger partial charge in [-0.2, -0.15) is 5.26 Å². The zero-order valence-corrected chi connectivity index (χ0v) is 20.1. The SMILES string of the molecule is CCC(=O)Cc1cnc(Nc2ccc(Oc3cnc(C#N)cn3)cc2)n(Cc2ccc(Cl)cc2)c1=O. The van der Waals surface area contributed by atoms with Crippen LogP contribution in [-0.2, 0) is 17.8 Å². The molecular formula is C26H21ClN6O3. The van der Waals surface area contributed by atoms with E-state index in [9.17, 15) is 9.59 Å². The summed E-state index contributed by atoms with van der Waals surface area (Å²) < 4.78 is 7.15. The molecule has 0 amide bonds. The van der Waals surface area contributed by atoms with Crippen LogP contribution in [0.5, 0.6) is 11.6 Å². The predicted octanol–water partition coefficient (Wildman–Crippen LogP) is 4.66. The van der Waals surface area contributed by atoms with E-state index in [1.807, 2.05) is 18.2 Å². The number of carbonyl (C=O) groups is 1. The van der Waals surface area contributed by atoms with Crippen molar-refractivity contribution in [3.63, 3.8) is 0 Å². The van der Waals surface area contributed by atoms with Gasteiger partial charge in [0.2, 0.25) is 11.8 Å². The lowest BCUT2D eigenvalue weighted by Crippen LogP contribution is -2.28. The van der Waals surface area contributed by atoms with Gasteiger partial charge >= 0.3 is 0 Å². The number of carbonyl (C=O) groups excluding carboxylic acids is 1.